The predicted octanol–water partition coefficient (Wildman–Crippen LogP) is 1.14. The highest BCUT2D eigenvalue weighted by molar-refractivity contribution is 5.32. The molecular formula is C7H13NO2. The molecular weight excluding hydrogens is 130 g/mol. The molecule has 0 N–H and O–H groups in total. The molecule has 0 unspecified atom stereocenters. The van der Waals surface area contributed by atoms with Gasteiger partial charge in [0.1, 0.15) is 0 Å². The second kappa shape index (κ2) is 6.46. The lowest BCUT2D eigenvalue weighted by molar-refractivity contribution is 0.0783. The van der Waals surface area contributed by atoms with E-state index in [0.717, 1.165) is 6.42 Å². The third kappa shape index (κ3) is 7.34. The lowest BCUT2D eigenvalue weighted by atomic mass is 10.4. The predicted molar refractivity (Wildman–Crippen MR) is 38.7 cm³/mol. The molecule has 0 aliphatic carbocycles. The Morgan fingerprint density at radius 2 is 2.30 bits per heavy atom. The van der Waals surface area contributed by atoms with Crippen LogP contribution in [0.1, 0.15) is 20.3 Å². The zero-order valence-electron chi connectivity index (χ0n) is 6.46. The van der Waals surface area contributed by atoms with Crippen molar-refractivity contribution in [1.82, 2.24) is 0 Å². The van der Waals surface area contributed by atoms with E-state index in [2.05, 4.69) is 4.99 Å². The molecule has 0 fully saturated rings. The van der Waals surface area contributed by atoms with E-state index in [4.69, 9.17) is 4.74 Å². The summed E-state index contributed by atoms with van der Waals surface area (Å²) in [5, 5.41) is 0. The van der Waals surface area contributed by atoms with E-state index in [9.17, 15) is 4.79 Å². The fourth-order valence-corrected chi connectivity index (χ4v) is 0.508. The summed E-state index contributed by atoms with van der Waals surface area (Å²) in [7, 11) is 0. The maximum absolute atomic E-state index is 9.57. The summed E-state index contributed by atoms with van der Waals surface area (Å²) in [4.78, 5) is 13.0. The Hall–Kier alpha value is -0.660. The standard InChI is InChI=1S/C7H13NO2/c1-7(2)10-5-3-4-8-6-9/h7H,3-5H2,1-2H3. The van der Waals surface area contributed by atoms with Crippen molar-refractivity contribution in [3.05, 3.63) is 0 Å². The van der Waals surface area contributed by atoms with Gasteiger partial charge >= 0.3 is 0 Å². The third-order valence-corrected chi connectivity index (χ3v) is 0.930. The fraction of sp³-hybridized carbons (Fsp3) is 0.857. The molecule has 0 bridgehead atoms. The number of nitrogens with zero attached hydrogens (tertiary/aromatic N) is 1. The number of hydrogen-bond donors (Lipinski definition) is 0. The van der Waals surface area contributed by atoms with Gasteiger partial charge in [0.05, 0.1) is 12.6 Å². The first-order valence-electron chi connectivity index (χ1n) is 3.42. The van der Waals surface area contributed by atoms with Crippen LogP contribution < -0.4 is 0 Å². The molecule has 0 amide bonds. The first-order valence-corrected chi connectivity index (χ1v) is 3.42. The second-order valence-corrected chi connectivity index (χ2v) is 2.25. The minimum Gasteiger partial charge on any atom is -0.379 e. The third-order valence-electron chi connectivity index (χ3n) is 0.930. The van der Waals surface area contributed by atoms with E-state index in [0.29, 0.717) is 13.2 Å². The van der Waals surface area contributed by atoms with Gasteiger partial charge in [0.15, 0.2) is 0 Å². The summed E-state index contributed by atoms with van der Waals surface area (Å²) in [5.41, 5.74) is 0. The first-order chi connectivity index (χ1) is 4.77. The normalized spacial score (nSPS) is 9.50. The largest absolute Gasteiger partial charge is 0.379 e. The zero-order valence-corrected chi connectivity index (χ0v) is 6.46. The van der Waals surface area contributed by atoms with E-state index < -0.39 is 0 Å². The van der Waals surface area contributed by atoms with Gasteiger partial charge in [-0.3, -0.25) is 0 Å². The van der Waals surface area contributed by atoms with E-state index in [1.54, 1.807) is 0 Å². The maximum atomic E-state index is 9.57. The number of carbonyl (C=O) groups excluding carboxylic acids is 1. The van der Waals surface area contributed by atoms with Gasteiger partial charge in [-0.2, -0.15) is 0 Å². The van der Waals surface area contributed by atoms with E-state index in [1.165, 1.54) is 6.08 Å². The maximum Gasteiger partial charge on any atom is 0.234 e. The molecule has 0 aliphatic heterocycles. The van der Waals surface area contributed by atoms with Crippen LogP contribution in [-0.2, 0) is 9.53 Å². The summed E-state index contributed by atoms with van der Waals surface area (Å²) in [6, 6.07) is 0. The van der Waals surface area contributed by atoms with Gasteiger partial charge in [0.25, 0.3) is 0 Å². The molecule has 0 atom stereocenters. The summed E-state index contributed by atoms with van der Waals surface area (Å²) in [5.74, 6) is 0. The van der Waals surface area contributed by atoms with Gasteiger partial charge in [-0.05, 0) is 20.3 Å². The van der Waals surface area contributed by atoms with Crippen LogP contribution in [-0.4, -0.2) is 25.3 Å². The smallest absolute Gasteiger partial charge is 0.234 e. The Bertz CT molecular complexity index is 117. The number of ether oxygens (including phenoxy) is 1. The van der Waals surface area contributed by atoms with Crippen LogP contribution in [0.25, 0.3) is 0 Å². The number of aliphatic imine (C=N–C) groups is 1. The van der Waals surface area contributed by atoms with E-state index in [1.807, 2.05) is 13.8 Å². The minimum absolute atomic E-state index is 0.264. The van der Waals surface area contributed by atoms with Crippen molar-refractivity contribution in [2.24, 2.45) is 4.99 Å². The highest BCUT2D eigenvalue weighted by atomic mass is 16.5. The molecule has 0 aromatic rings. The van der Waals surface area contributed by atoms with Crippen LogP contribution in [0.15, 0.2) is 4.99 Å². The Morgan fingerprint density at radius 3 is 2.80 bits per heavy atom. The summed E-state index contributed by atoms with van der Waals surface area (Å²) in [6.45, 7) is 5.14. The second-order valence-electron chi connectivity index (χ2n) is 2.25. The molecule has 0 aromatic heterocycles. The van der Waals surface area contributed by atoms with Crippen molar-refractivity contribution < 1.29 is 9.53 Å². The lowest BCUT2D eigenvalue weighted by Crippen LogP contribution is -2.04. The van der Waals surface area contributed by atoms with Gasteiger partial charge < -0.3 is 4.74 Å². The highest BCUT2D eigenvalue weighted by Crippen LogP contribution is 1.89. The van der Waals surface area contributed by atoms with Gasteiger partial charge in [-0.1, -0.05) is 0 Å². The zero-order chi connectivity index (χ0) is 7.82. The van der Waals surface area contributed by atoms with Gasteiger partial charge in [0, 0.05) is 6.61 Å². The van der Waals surface area contributed by atoms with Gasteiger partial charge in [-0.15, -0.1) is 0 Å². The summed E-state index contributed by atoms with van der Waals surface area (Å²) < 4.78 is 5.20. The SMILES string of the molecule is CC(C)OCCCN=C=O. The number of hydrogen-bond acceptors (Lipinski definition) is 3. The molecule has 58 valence electrons. The van der Waals surface area contributed by atoms with Crippen LogP contribution in [0.3, 0.4) is 0 Å². The van der Waals surface area contributed by atoms with Crippen LogP contribution in [0.2, 0.25) is 0 Å². The number of rotatable bonds is 5. The lowest BCUT2D eigenvalue weighted by Gasteiger charge is -2.04. The highest BCUT2D eigenvalue weighted by Gasteiger charge is 1.90. The molecule has 0 saturated carbocycles. The van der Waals surface area contributed by atoms with Crippen LogP contribution in [0.4, 0.5) is 0 Å². The van der Waals surface area contributed by atoms with Gasteiger partial charge in [0.2, 0.25) is 6.08 Å². The average molecular weight is 143 g/mol. The van der Waals surface area contributed by atoms with Crippen LogP contribution in [0, 0.1) is 0 Å². The van der Waals surface area contributed by atoms with Crippen molar-refractivity contribution in [2.45, 2.75) is 26.4 Å². The molecule has 0 saturated heterocycles. The van der Waals surface area contributed by atoms with Crippen molar-refractivity contribution in [3.8, 4) is 0 Å². The quantitative estimate of drug-likeness (QED) is 0.329. The molecule has 0 rings (SSSR count). The minimum atomic E-state index is 0.264. The average Bonchev–Trinajstić information content (AvgIpc) is 1.87. The van der Waals surface area contributed by atoms with Crippen LogP contribution >= 0.6 is 0 Å². The summed E-state index contributed by atoms with van der Waals surface area (Å²) in [6.07, 6.45) is 2.54. The molecule has 3 nitrogen and oxygen atoms in total. The number of isocyanates is 1. The van der Waals surface area contributed by atoms with Crippen molar-refractivity contribution in [1.29, 1.82) is 0 Å². The molecule has 10 heavy (non-hydrogen) atoms. The van der Waals surface area contributed by atoms with Crippen molar-refractivity contribution >= 4 is 6.08 Å². The molecule has 0 radical (unpaired) electrons. The first kappa shape index (κ1) is 9.34. The van der Waals surface area contributed by atoms with E-state index in [-0.39, 0.29) is 6.10 Å². The van der Waals surface area contributed by atoms with Crippen LogP contribution in [0.5, 0.6) is 0 Å². The van der Waals surface area contributed by atoms with Crippen molar-refractivity contribution in [3.63, 3.8) is 0 Å². The topological polar surface area (TPSA) is 38.7 Å². The molecule has 0 heterocycles. The summed E-state index contributed by atoms with van der Waals surface area (Å²) >= 11 is 0. The molecule has 3 heteroatoms. The Labute approximate surface area is 61.1 Å². The Balaban J connectivity index is 2.98. The Morgan fingerprint density at radius 1 is 1.60 bits per heavy atom. The molecule has 0 aromatic carbocycles. The van der Waals surface area contributed by atoms with Crippen molar-refractivity contribution in [2.75, 3.05) is 13.2 Å². The monoisotopic (exact) mass is 143 g/mol. The molecule has 0 aliphatic rings. The fourth-order valence-electron chi connectivity index (χ4n) is 0.508. The molecule has 0 spiro atoms. The Kier molecular flexibility index (Phi) is 6.03. The van der Waals surface area contributed by atoms with E-state index >= 15 is 0 Å². The van der Waals surface area contributed by atoms with Gasteiger partial charge in [-0.25, -0.2) is 9.79 Å².